The fourth-order valence-electron chi connectivity index (χ4n) is 0.820. The maximum Gasteiger partial charge on any atom is 0.0814 e. The summed E-state index contributed by atoms with van der Waals surface area (Å²) >= 11 is 2.48. The maximum absolute atomic E-state index is 2.48. The summed E-state index contributed by atoms with van der Waals surface area (Å²) in [6, 6.07) is 0. The predicted octanol–water partition coefficient (Wildman–Crippen LogP) is 3.17. The topological polar surface area (TPSA) is 0 Å². The summed E-state index contributed by atoms with van der Waals surface area (Å²) in [6.07, 6.45) is 0. The van der Waals surface area contributed by atoms with Gasteiger partial charge in [0.25, 0.3) is 0 Å². The van der Waals surface area contributed by atoms with Gasteiger partial charge in [-0.3, -0.25) is 0 Å². The highest BCUT2D eigenvalue weighted by Crippen LogP contribution is 2.10. The van der Waals surface area contributed by atoms with Crippen molar-refractivity contribution in [1.29, 1.82) is 0 Å². The molecule has 0 spiro atoms. The van der Waals surface area contributed by atoms with Crippen LogP contribution in [0.2, 0.25) is 13.1 Å². The summed E-state index contributed by atoms with van der Waals surface area (Å²) in [4.78, 5) is 0. The highest BCUT2D eigenvalue weighted by Gasteiger charge is 2.13. The first-order valence-electron chi connectivity index (χ1n) is 3.20. The molecule has 0 rings (SSSR count). The van der Waals surface area contributed by atoms with Gasteiger partial charge in [0.05, 0.1) is 8.07 Å². The quantitative estimate of drug-likeness (QED) is 0.403. The van der Waals surface area contributed by atoms with Gasteiger partial charge in [-0.1, -0.05) is 47.0 Å². The van der Waals surface area contributed by atoms with Gasteiger partial charge in [-0.05, 0) is 17.9 Å². The summed E-state index contributed by atoms with van der Waals surface area (Å²) in [7, 11) is -0.916. The molecule has 0 radical (unpaired) electrons. The van der Waals surface area contributed by atoms with Gasteiger partial charge in [0.15, 0.2) is 0 Å². The molecule has 0 unspecified atom stereocenters. The van der Waals surface area contributed by atoms with E-state index in [-0.39, 0.29) is 0 Å². The third kappa shape index (κ3) is 5.15. The fourth-order valence-corrected chi connectivity index (χ4v) is 3.12. The van der Waals surface area contributed by atoms with Crippen LogP contribution in [-0.2, 0) is 0 Å². The van der Waals surface area contributed by atoms with Crippen LogP contribution in [0.1, 0.15) is 13.8 Å². The highest BCUT2D eigenvalue weighted by molar-refractivity contribution is 14.1. The van der Waals surface area contributed by atoms with Crippen LogP contribution in [0, 0.1) is 0 Å². The molecule has 9 heavy (non-hydrogen) atoms. The van der Waals surface area contributed by atoms with Crippen LogP contribution in [0.15, 0.2) is 11.3 Å². The Hall–Kier alpha value is 0.687. The third-order valence-corrected chi connectivity index (χ3v) is 8.97. The van der Waals surface area contributed by atoms with Crippen molar-refractivity contribution in [1.82, 2.24) is 0 Å². The first kappa shape index (κ1) is 9.69. The molecule has 0 aromatic heterocycles. The van der Waals surface area contributed by atoms with Crippen LogP contribution >= 0.6 is 22.6 Å². The minimum atomic E-state index is -0.916. The summed E-state index contributed by atoms with van der Waals surface area (Å²) in [5, 5.41) is 0. The molecule has 0 saturated heterocycles. The monoisotopic (exact) mass is 254 g/mol. The normalized spacial score (nSPS) is 11.2. The van der Waals surface area contributed by atoms with Crippen LogP contribution in [0.25, 0.3) is 0 Å². The van der Waals surface area contributed by atoms with Gasteiger partial charge in [-0.25, -0.2) is 0 Å². The fraction of sp³-hybridized carbons (Fsp3) is 0.714. The minimum absolute atomic E-state index is 0.916. The smallest absolute Gasteiger partial charge is 0.0814 e. The van der Waals surface area contributed by atoms with Gasteiger partial charge in [-0.2, -0.15) is 0 Å². The first-order chi connectivity index (χ1) is 3.98. The lowest BCUT2D eigenvalue weighted by Crippen LogP contribution is -2.25. The number of allylic oxidation sites excluding steroid dienone is 1. The van der Waals surface area contributed by atoms with E-state index in [9.17, 15) is 0 Å². The zero-order valence-corrected chi connectivity index (χ0v) is 9.82. The standard InChI is InChI=1S/C7H15ISi/c1-7(2)5-9(3,4)6-8/h5H,6H2,1-4H3. The van der Waals surface area contributed by atoms with E-state index in [1.165, 1.54) is 9.62 Å². The van der Waals surface area contributed by atoms with Crippen molar-refractivity contribution in [2.45, 2.75) is 26.9 Å². The van der Waals surface area contributed by atoms with Gasteiger partial charge in [0.1, 0.15) is 0 Å². The Bertz CT molecular complexity index is 112. The van der Waals surface area contributed by atoms with Crippen molar-refractivity contribution in [3.8, 4) is 0 Å². The molecule has 0 aliphatic rings. The SMILES string of the molecule is CC(C)=C[Si](C)(C)CI. The average Bonchev–Trinajstić information content (AvgIpc) is 1.63. The minimum Gasteiger partial charge on any atom is -0.0953 e. The number of alkyl halides is 1. The molecule has 0 fully saturated rings. The van der Waals surface area contributed by atoms with Crippen molar-refractivity contribution in [2.75, 3.05) is 4.05 Å². The van der Waals surface area contributed by atoms with Crippen LogP contribution in [-0.4, -0.2) is 12.1 Å². The number of rotatable bonds is 2. The molecule has 0 N–H and O–H groups in total. The van der Waals surface area contributed by atoms with Crippen LogP contribution in [0.3, 0.4) is 0 Å². The van der Waals surface area contributed by atoms with Gasteiger partial charge in [0.2, 0.25) is 0 Å². The zero-order valence-electron chi connectivity index (χ0n) is 6.66. The molecular formula is C7H15ISi. The Morgan fingerprint density at radius 2 is 1.89 bits per heavy atom. The number of hydrogen-bond donors (Lipinski definition) is 0. The molecule has 0 heterocycles. The van der Waals surface area contributed by atoms with Gasteiger partial charge in [-0.15, -0.1) is 0 Å². The molecule has 0 saturated carbocycles. The second-order valence-corrected chi connectivity index (χ2v) is 10.2. The average molecular weight is 254 g/mol. The lowest BCUT2D eigenvalue weighted by molar-refractivity contribution is 1.40. The number of halogens is 1. The van der Waals surface area contributed by atoms with Gasteiger partial charge >= 0.3 is 0 Å². The summed E-state index contributed by atoms with van der Waals surface area (Å²) < 4.78 is 1.33. The van der Waals surface area contributed by atoms with E-state index in [4.69, 9.17) is 0 Å². The molecule has 0 aromatic carbocycles. The third-order valence-electron chi connectivity index (χ3n) is 1.02. The summed E-state index contributed by atoms with van der Waals surface area (Å²) in [6.45, 7) is 9.15. The molecule has 0 aliphatic heterocycles. The Morgan fingerprint density at radius 3 is 2.00 bits per heavy atom. The molecular weight excluding hydrogens is 239 g/mol. The van der Waals surface area contributed by atoms with E-state index in [0.29, 0.717) is 0 Å². The lowest BCUT2D eigenvalue weighted by Gasteiger charge is -2.13. The van der Waals surface area contributed by atoms with Crippen LogP contribution < -0.4 is 0 Å². The Labute approximate surface area is 72.9 Å². The highest BCUT2D eigenvalue weighted by atomic mass is 127. The zero-order chi connectivity index (χ0) is 7.49. The molecule has 0 aliphatic carbocycles. The second-order valence-electron chi connectivity index (χ2n) is 3.34. The van der Waals surface area contributed by atoms with E-state index in [1.807, 2.05) is 0 Å². The van der Waals surface area contributed by atoms with E-state index in [1.54, 1.807) is 0 Å². The van der Waals surface area contributed by atoms with Gasteiger partial charge < -0.3 is 0 Å². The van der Waals surface area contributed by atoms with Crippen LogP contribution in [0.5, 0.6) is 0 Å². The molecule has 0 atom stereocenters. The van der Waals surface area contributed by atoms with Gasteiger partial charge in [0, 0.05) is 0 Å². The molecule has 2 heteroatoms. The predicted molar refractivity (Wildman–Crippen MR) is 55.8 cm³/mol. The van der Waals surface area contributed by atoms with Crippen molar-refractivity contribution >= 4 is 30.7 Å². The molecule has 0 amide bonds. The van der Waals surface area contributed by atoms with Crippen molar-refractivity contribution in [3.05, 3.63) is 11.3 Å². The van der Waals surface area contributed by atoms with Crippen molar-refractivity contribution < 1.29 is 0 Å². The lowest BCUT2D eigenvalue weighted by atomic mass is 10.4. The largest absolute Gasteiger partial charge is 0.0953 e. The Morgan fingerprint density at radius 1 is 1.44 bits per heavy atom. The molecule has 0 nitrogen and oxygen atoms in total. The Balaban J connectivity index is 4.01. The van der Waals surface area contributed by atoms with Crippen LogP contribution in [0.4, 0.5) is 0 Å². The molecule has 0 bridgehead atoms. The number of hydrogen-bond acceptors (Lipinski definition) is 0. The second kappa shape index (κ2) is 3.76. The molecule has 54 valence electrons. The van der Waals surface area contributed by atoms with Crippen molar-refractivity contribution in [2.24, 2.45) is 0 Å². The summed E-state index contributed by atoms with van der Waals surface area (Å²) in [5.74, 6) is 0. The van der Waals surface area contributed by atoms with E-state index in [2.05, 4.69) is 55.2 Å². The van der Waals surface area contributed by atoms with E-state index in [0.717, 1.165) is 0 Å². The van der Waals surface area contributed by atoms with E-state index < -0.39 is 8.07 Å². The maximum atomic E-state index is 2.48. The summed E-state index contributed by atoms with van der Waals surface area (Å²) in [5.41, 5.74) is 3.93. The first-order valence-corrected chi connectivity index (χ1v) is 8.01. The van der Waals surface area contributed by atoms with E-state index >= 15 is 0 Å². The Kier molecular flexibility index (Phi) is 4.04. The van der Waals surface area contributed by atoms with Crippen molar-refractivity contribution in [3.63, 3.8) is 0 Å². The molecule has 0 aromatic rings.